The number of pyridine rings is 1. The van der Waals surface area contributed by atoms with Crippen LogP contribution < -0.4 is 9.47 Å². The molecule has 0 bridgehead atoms. The zero-order chi connectivity index (χ0) is 14.1. The summed E-state index contributed by atoms with van der Waals surface area (Å²) in [4.78, 5) is 3.26. The van der Waals surface area contributed by atoms with Gasteiger partial charge >= 0.3 is 12.5 Å². The molecule has 0 saturated heterocycles. The van der Waals surface area contributed by atoms with Crippen LogP contribution in [-0.2, 0) is 6.18 Å². The van der Waals surface area contributed by atoms with Crippen molar-refractivity contribution in [3.8, 4) is 11.6 Å². The van der Waals surface area contributed by atoms with Gasteiger partial charge in [-0.1, -0.05) is 0 Å². The van der Waals surface area contributed by atoms with Gasteiger partial charge in [0.15, 0.2) is 5.75 Å². The molecule has 0 atom stereocenters. The van der Waals surface area contributed by atoms with E-state index < -0.39 is 29.4 Å². The first-order valence-corrected chi connectivity index (χ1v) is 4.42. The van der Waals surface area contributed by atoms with Gasteiger partial charge in [-0.15, -0.1) is 13.2 Å². The molecule has 0 N–H and O–H groups in total. The van der Waals surface area contributed by atoms with Gasteiger partial charge in [0, 0.05) is 6.20 Å². The van der Waals surface area contributed by atoms with Gasteiger partial charge in [-0.25, -0.2) is 4.98 Å². The van der Waals surface area contributed by atoms with Crippen LogP contribution in [0, 0.1) is 6.92 Å². The van der Waals surface area contributed by atoms with Gasteiger partial charge in [-0.05, 0) is 6.92 Å². The van der Waals surface area contributed by atoms with E-state index in [0.717, 1.165) is 14.0 Å². The predicted octanol–water partition coefficient (Wildman–Crippen LogP) is 3.32. The molecule has 0 aliphatic carbocycles. The molecule has 0 amide bonds. The Hall–Kier alpha value is -1.67. The molecule has 9 heteroatoms. The SMILES string of the molecule is COc1ncc(C(F)(F)F)c(OC(F)(F)F)c1C. The molecule has 0 radical (unpaired) electrons. The average molecular weight is 275 g/mol. The van der Waals surface area contributed by atoms with Crippen LogP contribution in [0.1, 0.15) is 11.1 Å². The van der Waals surface area contributed by atoms with Crippen LogP contribution in [0.3, 0.4) is 0 Å². The molecule has 0 aromatic carbocycles. The van der Waals surface area contributed by atoms with E-state index in [2.05, 4.69) is 14.5 Å². The monoisotopic (exact) mass is 275 g/mol. The molecular weight excluding hydrogens is 268 g/mol. The highest BCUT2D eigenvalue weighted by atomic mass is 19.4. The summed E-state index contributed by atoms with van der Waals surface area (Å²) in [6.07, 6.45) is -10.0. The Morgan fingerprint density at radius 3 is 2.06 bits per heavy atom. The standard InChI is InChI=1S/C9H7F6NO2/c1-4-6(18-9(13,14)15)5(8(10,11)12)3-16-7(4)17-2/h3H,1-2H3. The van der Waals surface area contributed by atoms with E-state index in [0.29, 0.717) is 0 Å². The summed E-state index contributed by atoms with van der Waals surface area (Å²) in [5.41, 5.74) is -2.09. The highest BCUT2D eigenvalue weighted by Crippen LogP contribution is 2.41. The Morgan fingerprint density at radius 1 is 1.11 bits per heavy atom. The number of rotatable bonds is 2. The normalized spacial score (nSPS) is 12.4. The topological polar surface area (TPSA) is 31.4 Å². The smallest absolute Gasteiger partial charge is 0.481 e. The maximum atomic E-state index is 12.5. The van der Waals surface area contributed by atoms with Gasteiger partial charge in [-0.3, -0.25) is 0 Å². The number of hydrogen-bond donors (Lipinski definition) is 0. The van der Waals surface area contributed by atoms with E-state index >= 15 is 0 Å². The van der Waals surface area contributed by atoms with Crippen molar-refractivity contribution in [2.24, 2.45) is 0 Å². The fourth-order valence-corrected chi connectivity index (χ4v) is 1.23. The van der Waals surface area contributed by atoms with Crippen molar-refractivity contribution in [1.29, 1.82) is 0 Å². The first kappa shape index (κ1) is 14.4. The number of alkyl halides is 6. The molecule has 18 heavy (non-hydrogen) atoms. The second-order valence-corrected chi connectivity index (χ2v) is 3.18. The predicted molar refractivity (Wildman–Crippen MR) is 47.2 cm³/mol. The van der Waals surface area contributed by atoms with Crippen molar-refractivity contribution in [3.63, 3.8) is 0 Å². The van der Waals surface area contributed by atoms with Crippen molar-refractivity contribution >= 4 is 0 Å². The average Bonchev–Trinajstić information content (AvgIpc) is 2.17. The van der Waals surface area contributed by atoms with Gasteiger partial charge < -0.3 is 9.47 Å². The molecule has 1 heterocycles. The maximum absolute atomic E-state index is 12.5. The van der Waals surface area contributed by atoms with Gasteiger partial charge in [0.25, 0.3) is 0 Å². The highest BCUT2D eigenvalue weighted by Gasteiger charge is 2.41. The third-order valence-corrected chi connectivity index (χ3v) is 1.93. The van der Waals surface area contributed by atoms with Crippen molar-refractivity contribution in [2.45, 2.75) is 19.5 Å². The molecular formula is C9H7F6NO2. The molecule has 0 fully saturated rings. The van der Waals surface area contributed by atoms with E-state index in [-0.39, 0.29) is 12.1 Å². The summed E-state index contributed by atoms with van der Waals surface area (Å²) in [6.45, 7) is 0.988. The quantitative estimate of drug-likeness (QED) is 0.776. The number of methoxy groups -OCH3 is 1. The number of hydrogen-bond acceptors (Lipinski definition) is 3. The number of ether oxygens (including phenoxy) is 2. The lowest BCUT2D eigenvalue weighted by molar-refractivity contribution is -0.276. The molecule has 3 nitrogen and oxygen atoms in total. The Balaban J connectivity index is 3.41. The van der Waals surface area contributed by atoms with E-state index in [9.17, 15) is 26.3 Å². The largest absolute Gasteiger partial charge is 0.573 e. The molecule has 0 aliphatic rings. The van der Waals surface area contributed by atoms with Crippen molar-refractivity contribution in [2.75, 3.05) is 7.11 Å². The summed E-state index contributed by atoms with van der Waals surface area (Å²) < 4.78 is 81.7. The summed E-state index contributed by atoms with van der Waals surface area (Å²) in [5.74, 6) is -1.73. The van der Waals surface area contributed by atoms with Crippen molar-refractivity contribution in [3.05, 3.63) is 17.3 Å². The van der Waals surface area contributed by atoms with Gasteiger partial charge in [-0.2, -0.15) is 13.2 Å². The summed E-state index contributed by atoms with van der Waals surface area (Å²) in [5, 5.41) is 0. The Morgan fingerprint density at radius 2 is 1.67 bits per heavy atom. The molecule has 0 aliphatic heterocycles. The molecule has 1 rings (SSSR count). The summed E-state index contributed by atoms with van der Waals surface area (Å²) in [6, 6.07) is 0. The van der Waals surface area contributed by atoms with E-state index in [1.165, 1.54) is 0 Å². The van der Waals surface area contributed by atoms with Crippen LogP contribution in [0.2, 0.25) is 0 Å². The minimum atomic E-state index is -5.24. The van der Waals surface area contributed by atoms with Gasteiger partial charge in [0.1, 0.15) is 5.56 Å². The van der Waals surface area contributed by atoms with Gasteiger partial charge in [0.05, 0.1) is 12.7 Å². The highest BCUT2D eigenvalue weighted by molar-refractivity contribution is 5.46. The second-order valence-electron chi connectivity index (χ2n) is 3.18. The number of nitrogens with zero attached hydrogens (tertiary/aromatic N) is 1. The Kier molecular flexibility index (Phi) is 3.63. The van der Waals surface area contributed by atoms with Crippen LogP contribution in [0.4, 0.5) is 26.3 Å². The van der Waals surface area contributed by atoms with Crippen LogP contribution >= 0.6 is 0 Å². The minimum absolute atomic E-state index is 0.229. The lowest BCUT2D eigenvalue weighted by Gasteiger charge is -2.18. The molecule has 1 aromatic rings. The molecule has 102 valence electrons. The van der Waals surface area contributed by atoms with Crippen LogP contribution in [0.25, 0.3) is 0 Å². The van der Waals surface area contributed by atoms with Crippen LogP contribution in [0.5, 0.6) is 11.6 Å². The maximum Gasteiger partial charge on any atom is 0.573 e. The van der Waals surface area contributed by atoms with E-state index in [1.807, 2.05) is 0 Å². The molecule has 1 aromatic heterocycles. The fraction of sp³-hybridized carbons (Fsp3) is 0.444. The third-order valence-electron chi connectivity index (χ3n) is 1.93. The Bertz CT molecular complexity index is 440. The zero-order valence-electron chi connectivity index (χ0n) is 9.11. The molecule has 0 spiro atoms. The number of halogens is 6. The first-order chi connectivity index (χ1) is 8.06. The second kappa shape index (κ2) is 4.54. The minimum Gasteiger partial charge on any atom is -0.481 e. The van der Waals surface area contributed by atoms with E-state index in [4.69, 9.17) is 0 Å². The van der Waals surface area contributed by atoms with E-state index in [1.54, 1.807) is 0 Å². The van der Waals surface area contributed by atoms with Gasteiger partial charge in [0.2, 0.25) is 5.88 Å². The fourth-order valence-electron chi connectivity index (χ4n) is 1.23. The van der Waals surface area contributed by atoms with Crippen molar-refractivity contribution in [1.82, 2.24) is 4.98 Å². The lowest BCUT2D eigenvalue weighted by atomic mass is 10.1. The summed E-state index contributed by atoms with van der Waals surface area (Å²) in [7, 11) is 1.07. The molecule has 0 unspecified atom stereocenters. The molecule has 0 saturated carbocycles. The zero-order valence-corrected chi connectivity index (χ0v) is 9.11. The third kappa shape index (κ3) is 3.17. The van der Waals surface area contributed by atoms with Crippen LogP contribution in [-0.4, -0.2) is 18.5 Å². The number of aromatic nitrogens is 1. The van der Waals surface area contributed by atoms with Crippen LogP contribution in [0.15, 0.2) is 6.20 Å². The van der Waals surface area contributed by atoms with Crippen molar-refractivity contribution < 1.29 is 35.8 Å². The first-order valence-electron chi connectivity index (χ1n) is 4.42. The summed E-state index contributed by atoms with van der Waals surface area (Å²) >= 11 is 0. The lowest BCUT2D eigenvalue weighted by Crippen LogP contribution is -2.21. The Labute approximate surface area is 97.3 Å².